The molecule has 1 aromatic heterocycles. The molecule has 0 radical (unpaired) electrons. The Morgan fingerprint density at radius 1 is 1.28 bits per heavy atom. The number of carboxylic acids is 1. The minimum atomic E-state index is -1.10. The van der Waals surface area contributed by atoms with Crippen molar-refractivity contribution >= 4 is 17.3 Å². The Morgan fingerprint density at radius 3 is 2.67 bits per heavy atom. The van der Waals surface area contributed by atoms with Crippen molar-refractivity contribution in [3.8, 4) is 0 Å². The lowest BCUT2D eigenvalue weighted by Gasteiger charge is -2.21. The summed E-state index contributed by atoms with van der Waals surface area (Å²) in [6.07, 6.45) is 2.72. The van der Waals surface area contributed by atoms with Gasteiger partial charge in [-0.05, 0) is 18.2 Å². The van der Waals surface area contributed by atoms with Crippen molar-refractivity contribution in [1.29, 1.82) is 0 Å². The minimum Gasteiger partial charge on any atom is -0.478 e. The van der Waals surface area contributed by atoms with Crippen LogP contribution in [0.1, 0.15) is 10.4 Å². The van der Waals surface area contributed by atoms with E-state index in [1.54, 1.807) is 25.2 Å². The first-order valence-corrected chi connectivity index (χ1v) is 5.27. The van der Waals surface area contributed by atoms with E-state index in [1.165, 1.54) is 29.4 Å². The topological polar surface area (TPSA) is 53.4 Å². The normalized spacial score (nSPS) is 10.1. The van der Waals surface area contributed by atoms with E-state index in [2.05, 4.69) is 4.98 Å². The summed E-state index contributed by atoms with van der Waals surface area (Å²) in [5.74, 6) is -1.51. The first-order valence-electron chi connectivity index (χ1n) is 5.27. The lowest BCUT2D eigenvalue weighted by Crippen LogP contribution is -2.15. The molecule has 0 fully saturated rings. The molecule has 2 aromatic rings. The molecule has 0 saturated carbocycles. The standard InChI is InChI=1S/C13H11FN2O2/c1-16(12-5-3-2-4-10(12)14)11-6-7-15-8-9(11)13(17)18/h2-8H,1H3,(H,17,18). The van der Waals surface area contributed by atoms with Crippen LogP contribution in [0.2, 0.25) is 0 Å². The number of aromatic nitrogens is 1. The van der Waals surface area contributed by atoms with Gasteiger partial charge in [0.2, 0.25) is 0 Å². The van der Waals surface area contributed by atoms with E-state index >= 15 is 0 Å². The fourth-order valence-electron chi connectivity index (χ4n) is 1.70. The molecule has 1 aromatic carbocycles. The molecular weight excluding hydrogens is 235 g/mol. The van der Waals surface area contributed by atoms with Gasteiger partial charge in [0.25, 0.3) is 0 Å². The van der Waals surface area contributed by atoms with E-state index in [0.717, 1.165) is 0 Å². The molecule has 0 spiro atoms. The summed E-state index contributed by atoms with van der Waals surface area (Å²) in [7, 11) is 1.61. The van der Waals surface area contributed by atoms with Crippen molar-refractivity contribution in [2.24, 2.45) is 0 Å². The van der Waals surface area contributed by atoms with Gasteiger partial charge in [-0.25, -0.2) is 9.18 Å². The second-order valence-corrected chi connectivity index (χ2v) is 3.71. The minimum absolute atomic E-state index is 0.0308. The molecule has 0 bridgehead atoms. The molecule has 1 heterocycles. The third-order valence-corrected chi connectivity index (χ3v) is 2.60. The average Bonchev–Trinajstić information content (AvgIpc) is 2.38. The van der Waals surface area contributed by atoms with Gasteiger partial charge in [-0.2, -0.15) is 0 Å². The molecule has 4 nitrogen and oxygen atoms in total. The molecule has 0 atom stereocenters. The number of nitrogens with zero attached hydrogens (tertiary/aromatic N) is 2. The zero-order valence-electron chi connectivity index (χ0n) is 9.67. The fraction of sp³-hybridized carbons (Fsp3) is 0.0769. The summed E-state index contributed by atoms with van der Waals surface area (Å²) in [5, 5.41) is 9.07. The summed E-state index contributed by atoms with van der Waals surface area (Å²) in [4.78, 5) is 16.3. The van der Waals surface area contributed by atoms with Crippen LogP contribution in [-0.2, 0) is 0 Å². The third kappa shape index (κ3) is 2.15. The third-order valence-electron chi connectivity index (χ3n) is 2.60. The summed E-state index contributed by atoms with van der Waals surface area (Å²) < 4.78 is 13.7. The Hall–Kier alpha value is -2.43. The smallest absolute Gasteiger partial charge is 0.339 e. The van der Waals surface area contributed by atoms with Crippen molar-refractivity contribution in [2.75, 3.05) is 11.9 Å². The van der Waals surface area contributed by atoms with Crippen LogP contribution in [0.3, 0.4) is 0 Å². The van der Waals surface area contributed by atoms with Gasteiger partial charge < -0.3 is 10.0 Å². The molecule has 1 N–H and O–H groups in total. The number of hydrogen-bond donors (Lipinski definition) is 1. The van der Waals surface area contributed by atoms with Crippen LogP contribution in [0.25, 0.3) is 0 Å². The highest BCUT2D eigenvalue weighted by molar-refractivity contribution is 5.95. The molecule has 18 heavy (non-hydrogen) atoms. The largest absolute Gasteiger partial charge is 0.478 e. The maximum atomic E-state index is 13.7. The first kappa shape index (κ1) is 12.0. The highest BCUT2D eigenvalue weighted by atomic mass is 19.1. The maximum absolute atomic E-state index is 13.7. The van der Waals surface area contributed by atoms with Crippen LogP contribution in [0.15, 0.2) is 42.7 Å². The molecule has 0 unspecified atom stereocenters. The Labute approximate surface area is 103 Å². The molecule has 0 amide bonds. The Kier molecular flexibility index (Phi) is 3.23. The van der Waals surface area contributed by atoms with Crippen molar-refractivity contribution in [1.82, 2.24) is 4.98 Å². The van der Waals surface area contributed by atoms with E-state index in [0.29, 0.717) is 11.4 Å². The quantitative estimate of drug-likeness (QED) is 0.904. The summed E-state index contributed by atoms with van der Waals surface area (Å²) in [6.45, 7) is 0. The number of hydrogen-bond acceptors (Lipinski definition) is 3. The molecule has 92 valence electrons. The van der Waals surface area contributed by atoms with Gasteiger partial charge in [0.15, 0.2) is 0 Å². The van der Waals surface area contributed by atoms with Crippen molar-refractivity contribution in [2.45, 2.75) is 0 Å². The Morgan fingerprint density at radius 2 is 2.00 bits per heavy atom. The van der Waals surface area contributed by atoms with Gasteiger partial charge in [0.05, 0.1) is 11.4 Å². The number of pyridine rings is 1. The highest BCUT2D eigenvalue weighted by Gasteiger charge is 2.16. The average molecular weight is 246 g/mol. The van der Waals surface area contributed by atoms with E-state index < -0.39 is 11.8 Å². The number of carboxylic acid groups (broad SMARTS) is 1. The second kappa shape index (κ2) is 4.83. The molecular formula is C13H11FN2O2. The highest BCUT2D eigenvalue weighted by Crippen LogP contribution is 2.28. The summed E-state index contributed by atoms with van der Waals surface area (Å²) in [5.41, 5.74) is 0.733. The number of carbonyl (C=O) groups is 1. The lowest BCUT2D eigenvalue weighted by atomic mass is 10.2. The van der Waals surface area contributed by atoms with Crippen LogP contribution in [-0.4, -0.2) is 23.1 Å². The Bertz CT molecular complexity index is 587. The van der Waals surface area contributed by atoms with Crippen LogP contribution in [0, 0.1) is 5.82 Å². The van der Waals surface area contributed by atoms with Gasteiger partial charge in [0.1, 0.15) is 11.4 Å². The SMILES string of the molecule is CN(c1ccccc1F)c1ccncc1C(=O)O. The van der Waals surface area contributed by atoms with Crippen molar-refractivity contribution < 1.29 is 14.3 Å². The zero-order valence-corrected chi connectivity index (χ0v) is 9.67. The van der Waals surface area contributed by atoms with Gasteiger partial charge in [-0.15, -0.1) is 0 Å². The van der Waals surface area contributed by atoms with E-state index in [4.69, 9.17) is 5.11 Å². The van der Waals surface area contributed by atoms with Crippen LogP contribution < -0.4 is 4.90 Å². The predicted octanol–water partition coefficient (Wildman–Crippen LogP) is 2.69. The maximum Gasteiger partial charge on any atom is 0.339 e. The van der Waals surface area contributed by atoms with E-state index in [9.17, 15) is 9.18 Å². The lowest BCUT2D eigenvalue weighted by molar-refractivity contribution is 0.0697. The second-order valence-electron chi connectivity index (χ2n) is 3.71. The predicted molar refractivity (Wildman–Crippen MR) is 65.7 cm³/mol. The molecule has 0 saturated heterocycles. The van der Waals surface area contributed by atoms with E-state index in [-0.39, 0.29) is 5.56 Å². The van der Waals surface area contributed by atoms with Crippen LogP contribution >= 0.6 is 0 Å². The molecule has 0 aliphatic carbocycles. The number of halogens is 1. The van der Waals surface area contributed by atoms with Gasteiger partial charge in [-0.1, -0.05) is 12.1 Å². The number of rotatable bonds is 3. The number of benzene rings is 1. The molecule has 5 heteroatoms. The summed E-state index contributed by atoms with van der Waals surface area (Å²) >= 11 is 0. The molecule has 0 aliphatic rings. The number of anilines is 2. The van der Waals surface area contributed by atoms with Gasteiger partial charge >= 0.3 is 5.97 Å². The van der Waals surface area contributed by atoms with Crippen LogP contribution in [0.5, 0.6) is 0 Å². The molecule has 2 rings (SSSR count). The Balaban J connectivity index is 2.50. The van der Waals surface area contributed by atoms with E-state index in [1.807, 2.05) is 0 Å². The number of aromatic carboxylic acids is 1. The van der Waals surface area contributed by atoms with Gasteiger partial charge in [0, 0.05) is 19.4 Å². The summed E-state index contributed by atoms with van der Waals surface area (Å²) in [6, 6.07) is 7.72. The van der Waals surface area contributed by atoms with Crippen LogP contribution in [0.4, 0.5) is 15.8 Å². The first-order chi connectivity index (χ1) is 8.61. The number of para-hydroxylation sites is 1. The molecule has 0 aliphatic heterocycles. The van der Waals surface area contributed by atoms with Crippen molar-refractivity contribution in [3.05, 3.63) is 54.1 Å². The fourth-order valence-corrected chi connectivity index (χ4v) is 1.70. The van der Waals surface area contributed by atoms with Crippen molar-refractivity contribution in [3.63, 3.8) is 0 Å². The van der Waals surface area contributed by atoms with Gasteiger partial charge in [-0.3, -0.25) is 4.98 Å². The monoisotopic (exact) mass is 246 g/mol. The zero-order chi connectivity index (χ0) is 13.1.